The predicted molar refractivity (Wildman–Crippen MR) is 50.0 cm³/mol. The molecule has 0 amide bonds. The van der Waals surface area contributed by atoms with Crippen molar-refractivity contribution in [2.45, 2.75) is 0 Å². The van der Waals surface area contributed by atoms with Gasteiger partial charge in [-0.1, -0.05) is 0 Å². The highest BCUT2D eigenvalue weighted by Crippen LogP contribution is 2.19. The monoisotopic (exact) mass is 186 g/mol. The summed E-state index contributed by atoms with van der Waals surface area (Å²) in [6.07, 6.45) is 4.56. The number of aromatic nitrogens is 4. The average molecular weight is 186 g/mol. The maximum atomic E-state index is 9.50. The first-order valence-corrected chi connectivity index (χ1v) is 4.12. The zero-order valence-electron chi connectivity index (χ0n) is 7.12. The third-order valence-corrected chi connectivity index (χ3v) is 2.13. The minimum Gasteiger partial charge on any atom is -0.427 e. The van der Waals surface area contributed by atoms with E-state index in [1.807, 2.05) is 6.07 Å². The highest BCUT2D eigenvalue weighted by Gasteiger charge is 2.07. The molecule has 0 aliphatic heterocycles. The topological polar surface area (TPSA) is 63.8 Å². The average Bonchev–Trinajstić information content (AvgIpc) is 2.61. The lowest BCUT2D eigenvalue weighted by Crippen LogP contribution is -1.90. The van der Waals surface area contributed by atoms with Gasteiger partial charge >= 0.3 is 0 Å². The van der Waals surface area contributed by atoms with Crippen LogP contribution < -0.4 is 0 Å². The second-order valence-electron chi connectivity index (χ2n) is 2.95. The van der Waals surface area contributed by atoms with Crippen molar-refractivity contribution in [1.29, 1.82) is 0 Å². The van der Waals surface area contributed by atoms with Crippen LogP contribution in [0.3, 0.4) is 0 Å². The fourth-order valence-corrected chi connectivity index (χ4v) is 1.52. The lowest BCUT2D eigenvalue weighted by Gasteiger charge is -1.97. The van der Waals surface area contributed by atoms with Crippen LogP contribution in [0.4, 0.5) is 0 Å². The second-order valence-corrected chi connectivity index (χ2v) is 2.95. The van der Waals surface area contributed by atoms with Crippen molar-refractivity contribution in [3.63, 3.8) is 0 Å². The van der Waals surface area contributed by atoms with E-state index in [0.29, 0.717) is 16.6 Å². The minimum atomic E-state index is 0.593. The van der Waals surface area contributed by atoms with Gasteiger partial charge in [-0.3, -0.25) is 9.97 Å². The molecule has 0 saturated heterocycles. The van der Waals surface area contributed by atoms with Gasteiger partial charge in [0, 0.05) is 12.4 Å². The van der Waals surface area contributed by atoms with E-state index in [4.69, 9.17) is 0 Å². The Morgan fingerprint density at radius 1 is 1.00 bits per heavy atom. The summed E-state index contributed by atoms with van der Waals surface area (Å²) < 4.78 is 0.965. The van der Waals surface area contributed by atoms with E-state index >= 15 is 0 Å². The van der Waals surface area contributed by atoms with Crippen LogP contribution in [-0.2, 0) is 0 Å². The summed E-state index contributed by atoms with van der Waals surface area (Å²) in [5.41, 5.74) is 2.71. The first kappa shape index (κ1) is 7.25. The molecule has 3 aromatic rings. The van der Waals surface area contributed by atoms with Gasteiger partial charge in [0.25, 0.3) is 0 Å². The maximum absolute atomic E-state index is 9.50. The van der Waals surface area contributed by atoms with Crippen LogP contribution >= 0.6 is 0 Å². The van der Waals surface area contributed by atoms with E-state index in [9.17, 15) is 5.21 Å². The predicted octanol–water partition coefficient (Wildman–Crippen LogP) is 1.22. The number of hydrogen-bond acceptors (Lipinski definition) is 4. The number of imidazole rings is 1. The molecule has 0 fully saturated rings. The van der Waals surface area contributed by atoms with Crippen molar-refractivity contribution in [1.82, 2.24) is 19.7 Å². The minimum absolute atomic E-state index is 0.593. The summed E-state index contributed by atoms with van der Waals surface area (Å²) in [7, 11) is 0. The van der Waals surface area contributed by atoms with Gasteiger partial charge in [0.2, 0.25) is 0 Å². The van der Waals surface area contributed by atoms with Crippen molar-refractivity contribution in [2.24, 2.45) is 0 Å². The van der Waals surface area contributed by atoms with E-state index in [2.05, 4.69) is 15.0 Å². The molecule has 0 atom stereocenters. The molecule has 0 aliphatic rings. The summed E-state index contributed by atoms with van der Waals surface area (Å²) in [5.74, 6) is 0. The van der Waals surface area contributed by atoms with Crippen molar-refractivity contribution < 1.29 is 5.21 Å². The molecule has 0 bridgehead atoms. The van der Waals surface area contributed by atoms with Gasteiger partial charge in [-0.05, 0) is 12.1 Å². The molecule has 2 aromatic heterocycles. The molecule has 0 saturated carbocycles. The number of fused-ring (bicyclic) bond motifs is 3. The van der Waals surface area contributed by atoms with Crippen LogP contribution in [0.1, 0.15) is 0 Å². The quantitative estimate of drug-likeness (QED) is 0.536. The van der Waals surface area contributed by atoms with Gasteiger partial charge in [-0.2, -0.15) is 4.73 Å². The molecular weight excluding hydrogens is 180 g/mol. The van der Waals surface area contributed by atoms with E-state index in [1.54, 1.807) is 18.5 Å². The zero-order chi connectivity index (χ0) is 9.54. The van der Waals surface area contributed by atoms with Crippen LogP contribution in [0.15, 0.2) is 30.9 Å². The standard InChI is InChI=1S/C9H6N4O/c14-13-5-12-7-2-1-6-8(9(7)13)11-4-3-10-6/h1-5,14H. The Balaban J connectivity index is 2.65. The van der Waals surface area contributed by atoms with Crippen LogP contribution in [0.25, 0.3) is 22.1 Å². The number of benzene rings is 1. The maximum Gasteiger partial charge on any atom is 0.135 e. The third-order valence-electron chi connectivity index (χ3n) is 2.13. The smallest absolute Gasteiger partial charge is 0.135 e. The fraction of sp³-hybridized carbons (Fsp3) is 0. The van der Waals surface area contributed by atoms with Gasteiger partial charge in [0.05, 0.1) is 11.0 Å². The van der Waals surface area contributed by atoms with E-state index in [0.717, 1.165) is 10.2 Å². The van der Waals surface area contributed by atoms with E-state index in [1.165, 1.54) is 6.33 Å². The van der Waals surface area contributed by atoms with Crippen molar-refractivity contribution in [3.8, 4) is 0 Å². The molecule has 3 rings (SSSR count). The van der Waals surface area contributed by atoms with Crippen LogP contribution in [-0.4, -0.2) is 24.9 Å². The lowest BCUT2D eigenvalue weighted by molar-refractivity contribution is 0.198. The Morgan fingerprint density at radius 3 is 2.71 bits per heavy atom. The van der Waals surface area contributed by atoms with Gasteiger partial charge in [0.1, 0.15) is 17.4 Å². The van der Waals surface area contributed by atoms with Gasteiger partial charge in [0.15, 0.2) is 0 Å². The Labute approximate surface area is 78.6 Å². The molecule has 0 spiro atoms. The molecule has 0 aliphatic carbocycles. The number of nitrogens with zero attached hydrogens (tertiary/aromatic N) is 4. The summed E-state index contributed by atoms with van der Waals surface area (Å²) >= 11 is 0. The van der Waals surface area contributed by atoms with Gasteiger partial charge in [-0.15, -0.1) is 0 Å². The first-order chi connectivity index (χ1) is 6.86. The zero-order valence-corrected chi connectivity index (χ0v) is 7.12. The third kappa shape index (κ3) is 0.806. The second kappa shape index (κ2) is 2.41. The Bertz CT molecular complexity index is 616. The summed E-state index contributed by atoms with van der Waals surface area (Å²) in [6, 6.07) is 3.64. The molecule has 0 unspecified atom stereocenters. The number of hydrogen-bond donors (Lipinski definition) is 1. The molecule has 68 valence electrons. The highest BCUT2D eigenvalue weighted by molar-refractivity contribution is 5.99. The van der Waals surface area contributed by atoms with Crippen molar-refractivity contribution >= 4 is 22.1 Å². The molecule has 0 radical (unpaired) electrons. The van der Waals surface area contributed by atoms with Gasteiger partial charge in [-0.25, -0.2) is 4.98 Å². The van der Waals surface area contributed by atoms with Crippen LogP contribution in [0.5, 0.6) is 0 Å². The molecule has 5 heteroatoms. The number of rotatable bonds is 0. The van der Waals surface area contributed by atoms with Crippen LogP contribution in [0.2, 0.25) is 0 Å². The highest BCUT2D eigenvalue weighted by atomic mass is 16.5. The molecule has 1 N–H and O–H groups in total. The Hall–Kier alpha value is -2.17. The summed E-state index contributed by atoms with van der Waals surface area (Å²) in [4.78, 5) is 12.3. The first-order valence-electron chi connectivity index (χ1n) is 4.12. The largest absolute Gasteiger partial charge is 0.427 e. The molecule has 5 nitrogen and oxygen atoms in total. The molecule has 1 aromatic carbocycles. The van der Waals surface area contributed by atoms with Crippen molar-refractivity contribution in [2.75, 3.05) is 0 Å². The normalized spacial score (nSPS) is 11.1. The fourth-order valence-electron chi connectivity index (χ4n) is 1.52. The molecule has 14 heavy (non-hydrogen) atoms. The summed E-state index contributed by atoms with van der Waals surface area (Å²) in [6.45, 7) is 0. The van der Waals surface area contributed by atoms with E-state index in [-0.39, 0.29) is 0 Å². The van der Waals surface area contributed by atoms with Gasteiger partial charge < -0.3 is 5.21 Å². The van der Waals surface area contributed by atoms with Crippen LogP contribution in [0, 0.1) is 0 Å². The Morgan fingerprint density at radius 2 is 1.79 bits per heavy atom. The van der Waals surface area contributed by atoms with Crippen molar-refractivity contribution in [3.05, 3.63) is 30.9 Å². The lowest BCUT2D eigenvalue weighted by atomic mass is 10.2. The SMILES string of the molecule is On1cnc2ccc3nccnc3c21. The van der Waals surface area contributed by atoms with E-state index < -0.39 is 0 Å². The molecular formula is C9H6N4O. The molecule has 2 heterocycles. The Kier molecular flexibility index (Phi) is 1.25. The summed E-state index contributed by atoms with van der Waals surface area (Å²) in [5, 5.41) is 9.50.